The first-order chi connectivity index (χ1) is 12.2. The second-order valence-electron chi connectivity index (χ2n) is 6.19. The Bertz CT molecular complexity index is 705. The van der Waals surface area contributed by atoms with Gasteiger partial charge in [0.25, 0.3) is 0 Å². The lowest BCUT2D eigenvalue weighted by Gasteiger charge is -2.35. The molecule has 2 heterocycles. The highest BCUT2D eigenvalue weighted by Gasteiger charge is 2.28. The molecule has 6 nitrogen and oxygen atoms in total. The molecule has 1 atom stereocenters. The van der Waals surface area contributed by atoms with E-state index >= 15 is 0 Å². The van der Waals surface area contributed by atoms with Gasteiger partial charge in [-0.15, -0.1) is 0 Å². The minimum absolute atomic E-state index is 0.0680. The van der Waals surface area contributed by atoms with E-state index in [2.05, 4.69) is 15.5 Å². The van der Waals surface area contributed by atoms with Crippen LogP contribution in [0.15, 0.2) is 30.6 Å². The fourth-order valence-electron chi connectivity index (χ4n) is 3.24. The van der Waals surface area contributed by atoms with Gasteiger partial charge in [0.1, 0.15) is 0 Å². The quantitative estimate of drug-likeness (QED) is 0.874. The number of benzene rings is 1. The Labute approximate surface area is 146 Å². The zero-order valence-corrected chi connectivity index (χ0v) is 14.3. The maximum atomic E-state index is 13.4. The van der Waals surface area contributed by atoms with Crippen molar-refractivity contribution in [3.8, 4) is 5.75 Å². The van der Waals surface area contributed by atoms with Gasteiger partial charge in [0.2, 0.25) is 0 Å². The first kappa shape index (κ1) is 17.3. The minimum Gasteiger partial charge on any atom is -0.494 e. The van der Waals surface area contributed by atoms with Crippen LogP contribution in [0.2, 0.25) is 0 Å². The smallest absolute Gasteiger partial charge is 0.317 e. The highest BCUT2D eigenvalue weighted by atomic mass is 19.1. The van der Waals surface area contributed by atoms with Crippen LogP contribution < -0.4 is 10.1 Å². The van der Waals surface area contributed by atoms with E-state index in [1.54, 1.807) is 18.3 Å². The van der Waals surface area contributed by atoms with Crippen LogP contribution in [0, 0.1) is 5.82 Å². The average Bonchev–Trinajstić information content (AvgIpc) is 3.17. The molecule has 1 aromatic heterocycles. The van der Waals surface area contributed by atoms with Crippen molar-refractivity contribution >= 4 is 6.03 Å². The van der Waals surface area contributed by atoms with Crippen LogP contribution in [0.3, 0.4) is 0 Å². The predicted octanol–water partition coefficient (Wildman–Crippen LogP) is 3.04. The molecular weight excluding hydrogens is 323 g/mol. The molecule has 0 unspecified atom stereocenters. The highest BCUT2D eigenvalue weighted by Crippen LogP contribution is 2.30. The Morgan fingerprint density at radius 1 is 1.48 bits per heavy atom. The molecule has 0 saturated carbocycles. The number of likely N-dealkylation sites (tertiary alicyclic amines) is 1. The third-order valence-electron chi connectivity index (χ3n) is 4.57. The number of piperidine rings is 1. The lowest BCUT2D eigenvalue weighted by atomic mass is 9.98. The third-order valence-corrected chi connectivity index (χ3v) is 4.57. The molecule has 2 N–H and O–H groups in total. The van der Waals surface area contributed by atoms with E-state index in [0.29, 0.717) is 13.0 Å². The molecule has 0 spiro atoms. The molecule has 0 aliphatic carbocycles. The van der Waals surface area contributed by atoms with Crippen molar-refractivity contribution in [2.24, 2.45) is 0 Å². The number of aromatic amines is 1. The molecule has 0 radical (unpaired) electrons. The SMILES string of the molecule is COc1cc(CCNC(=O)N2CCCC[C@H]2c2cn[nH]c2)ccc1F. The number of hydrogen-bond donors (Lipinski definition) is 2. The summed E-state index contributed by atoms with van der Waals surface area (Å²) >= 11 is 0. The lowest BCUT2D eigenvalue weighted by molar-refractivity contribution is 0.151. The van der Waals surface area contributed by atoms with E-state index in [9.17, 15) is 9.18 Å². The van der Waals surface area contributed by atoms with Gasteiger partial charge in [-0.25, -0.2) is 9.18 Å². The number of aromatic nitrogens is 2. The highest BCUT2D eigenvalue weighted by molar-refractivity contribution is 5.74. The summed E-state index contributed by atoms with van der Waals surface area (Å²) < 4.78 is 18.4. The number of methoxy groups -OCH3 is 1. The minimum atomic E-state index is -0.383. The van der Waals surface area contributed by atoms with Crippen molar-refractivity contribution in [1.29, 1.82) is 0 Å². The van der Waals surface area contributed by atoms with Crippen LogP contribution in [-0.2, 0) is 6.42 Å². The topological polar surface area (TPSA) is 70.2 Å². The summed E-state index contributed by atoms with van der Waals surface area (Å²) in [6.07, 6.45) is 7.31. The standard InChI is InChI=1S/C18H23FN4O2/c1-25-17-10-13(5-6-15(17)19)7-8-20-18(24)23-9-3-2-4-16(23)14-11-21-22-12-14/h5-6,10-12,16H,2-4,7-9H2,1H3,(H,20,24)(H,21,22)/t16-/m0/s1. The number of hydrogen-bond acceptors (Lipinski definition) is 3. The van der Waals surface area contributed by atoms with Gasteiger partial charge in [0, 0.05) is 24.8 Å². The summed E-state index contributed by atoms with van der Waals surface area (Å²) in [5, 5.41) is 9.77. The van der Waals surface area contributed by atoms with Gasteiger partial charge in [-0.1, -0.05) is 6.07 Å². The fourth-order valence-corrected chi connectivity index (χ4v) is 3.24. The summed E-state index contributed by atoms with van der Waals surface area (Å²) in [6.45, 7) is 1.23. The van der Waals surface area contributed by atoms with Crippen molar-refractivity contribution in [1.82, 2.24) is 20.4 Å². The molecule has 25 heavy (non-hydrogen) atoms. The first-order valence-corrected chi connectivity index (χ1v) is 8.54. The Morgan fingerprint density at radius 2 is 2.36 bits per heavy atom. The Balaban J connectivity index is 1.56. The predicted molar refractivity (Wildman–Crippen MR) is 91.9 cm³/mol. The molecular formula is C18H23FN4O2. The molecule has 1 fully saturated rings. The van der Waals surface area contributed by atoms with E-state index in [1.165, 1.54) is 13.2 Å². The number of halogens is 1. The number of rotatable bonds is 5. The van der Waals surface area contributed by atoms with Crippen LogP contribution >= 0.6 is 0 Å². The zero-order chi connectivity index (χ0) is 17.6. The van der Waals surface area contributed by atoms with Crippen LogP contribution in [-0.4, -0.2) is 41.3 Å². The van der Waals surface area contributed by atoms with Crippen LogP contribution in [0.25, 0.3) is 0 Å². The van der Waals surface area contributed by atoms with E-state index in [1.807, 2.05) is 11.1 Å². The van der Waals surface area contributed by atoms with Crippen molar-refractivity contribution in [3.05, 3.63) is 47.5 Å². The van der Waals surface area contributed by atoms with Crippen molar-refractivity contribution < 1.29 is 13.9 Å². The first-order valence-electron chi connectivity index (χ1n) is 8.54. The van der Waals surface area contributed by atoms with Gasteiger partial charge < -0.3 is 15.0 Å². The molecule has 1 aliphatic rings. The number of urea groups is 1. The van der Waals surface area contributed by atoms with Crippen molar-refractivity contribution in [2.45, 2.75) is 31.7 Å². The second-order valence-corrected chi connectivity index (χ2v) is 6.19. The zero-order valence-electron chi connectivity index (χ0n) is 14.3. The van der Waals surface area contributed by atoms with Gasteiger partial charge >= 0.3 is 6.03 Å². The summed E-state index contributed by atoms with van der Waals surface area (Å²) in [5.74, 6) is -0.161. The molecule has 1 aromatic carbocycles. The monoisotopic (exact) mass is 346 g/mol. The van der Waals surface area contributed by atoms with Crippen LogP contribution in [0.5, 0.6) is 5.75 Å². The van der Waals surface area contributed by atoms with E-state index in [0.717, 1.165) is 36.9 Å². The third kappa shape index (κ3) is 4.10. The Kier molecular flexibility index (Phi) is 5.53. The van der Waals surface area contributed by atoms with Gasteiger partial charge in [0.15, 0.2) is 11.6 Å². The maximum Gasteiger partial charge on any atom is 0.317 e. The maximum absolute atomic E-state index is 13.4. The fraction of sp³-hybridized carbons (Fsp3) is 0.444. The number of nitrogens with zero attached hydrogens (tertiary/aromatic N) is 2. The van der Waals surface area contributed by atoms with Crippen LogP contribution in [0.1, 0.15) is 36.4 Å². The molecule has 3 rings (SSSR count). The van der Waals surface area contributed by atoms with E-state index in [-0.39, 0.29) is 23.6 Å². The molecule has 1 saturated heterocycles. The molecule has 134 valence electrons. The van der Waals surface area contributed by atoms with E-state index < -0.39 is 0 Å². The van der Waals surface area contributed by atoms with Gasteiger partial charge in [-0.05, 0) is 43.4 Å². The normalized spacial score (nSPS) is 17.4. The Hall–Kier alpha value is -2.57. The molecule has 2 aromatic rings. The number of carbonyl (C=O) groups excluding carboxylic acids is 1. The van der Waals surface area contributed by atoms with Gasteiger partial charge in [-0.3, -0.25) is 5.10 Å². The second kappa shape index (κ2) is 8.00. The van der Waals surface area contributed by atoms with Crippen molar-refractivity contribution in [3.63, 3.8) is 0 Å². The summed E-state index contributed by atoms with van der Waals surface area (Å²) in [4.78, 5) is 14.4. The van der Waals surface area contributed by atoms with Gasteiger partial charge in [-0.2, -0.15) is 5.10 Å². The molecule has 2 amide bonds. The van der Waals surface area contributed by atoms with Crippen LogP contribution in [0.4, 0.5) is 9.18 Å². The number of ether oxygens (including phenoxy) is 1. The molecule has 0 bridgehead atoms. The largest absolute Gasteiger partial charge is 0.494 e. The lowest BCUT2D eigenvalue weighted by Crippen LogP contribution is -2.45. The summed E-state index contributed by atoms with van der Waals surface area (Å²) in [5.41, 5.74) is 1.96. The average molecular weight is 346 g/mol. The number of amides is 2. The number of H-pyrrole nitrogens is 1. The molecule has 7 heteroatoms. The Morgan fingerprint density at radius 3 is 3.12 bits per heavy atom. The number of carbonyl (C=O) groups is 1. The van der Waals surface area contributed by atoms with Crippen molar-refractivity contribution in [2.75, 3.05) is 20.2 Å². The van der Waals surface area contributed by atoms with E-state index in [4.69, 9.17) is 4.74 Å². The van der Waals surface area contributed by atoms with Gasteiger partial charge in [0.05, 0.1) is 19.3 Å². The summed E-state index contributed by atoms with van der Waals surface area (Å²) in [6, 6.07) is 4.75. The molecule has 1 aliphatic heterocycles. The number of nitrogens with one attached hydrogen (secondary N) is 2. The summed E-state index contributed by atoms with van der Waals surface area (Å²) in [7, 11) is 1.44.